The first-order chi connectivity index (χ1) is 12.7. The van der Waals surface area contributed by atoms with Gasteiger partial charge in [-0.1, -0.05) is 24.3 Å². The van der Waals surface area contributed by atoms with E-state index in [2.05, 4.69) is 27.0 Å². The number of rotatable bonds is 4. The van der Waals surface area contributed by atoms with Gasteiger partial charge < -0.3 is 9.80 Å². The first-order valence-corrected chi connectivity index (χ1v) is 10.2. The predicted octanol–water partition coefficient (Wildman–Crippen LogP) is 2.90. The summed E-state index contributed by atoms with van der Waals surface area (Å²) < 4.78 is 0. The first kappa shape index (κ1) is 17.4. The Kier molecular flexibility index (Phi) is 4.89. The van der Waals surface area contributed by atoms with Crippen LogP contribution in [0.3, 0.4) is 0 Å². The molecule has 1 amide bonds. The van der Waals surface area contributed by atoms with Crippen LogP contribution in [-0.4, -0.2) is 45.6 Å². The second kappa shape index (κ2) is 7.31. The zero-order valence-corrected chi connectivity index (χ0v) is 16.0. The molecule has 0 N–H and O–H groups in total. The van der Waals surface area contributed by atoms with Crippen molar-refractivity contribution in [3.05, 3.63) is 35.1 Å². The number of hydrogen-bond donors (Lipinski definition) is 0. The van der Waals surface area contributed by atoms with Crippen LogP contribution in [0, 0.1) is 5.41 Å². The number of nitrogens with zero attached hydrogens (tertiary/aromatic N) is 5. The highest BCUT2D eigenvalue weighted by molar-refractivity contribution is 7.15. The maximum atomic E-state index is 12.5. The predicted molar refractivity (Wildman–Crippen MR) is 102 cm³/mol. The molecule has 1 atom stereocenters. The van der Waals surface area contributed by atoms with Crippen LogP contribution in [0.15, 0.2) is 24.5 Å². The summed E-state index contributed by atoms with van der Waals surface area (Å²) in [4.78, 5) is 21.1. The van der Waals surface area contributed by atoms with Crippen molar-refractivity contribution in [2.75, 3.05) is 24.5 Å². The lowest BCUT2D eigenvalue weighted by molar-refractivity contribution is -0.138. The molecule has 0 aliphatic carbocycles. The van der Waals surface area contributed by atoms with E-state index in [0.29, 0.717) is 13.0 Å². The van der Waals surface area contributed by atoms with Crippen LogP contribution in [0.25, 0.3) is 0 Å². The molecular weight excluding hydrogens is 346 g/mol. The van der Waals surface area contributed by atoms with Crippen molar-refractivity contribution in [1.82, 2.24) is 20.1 Å². The molecule has 138 valence electrons. The average Bonchev–Trinajstić information content (AvgIpc) is 3.15. The largest absolute Gasteiger partial charge is 0.346 e. The van der Waals surface area contributed by atoms with Crippen molar-refractivity contribution in [2.24, 2.45) is 5.41 Å². The molecule has 6 nitrogen and oxygen atoms in total. The lowest BCUT2D eigenvalue weighted by Gasteiger charge is -2.48. The fourth-order valence-electron chi connectivity index (χ4n) is 4.18. The van der Waals surface area contributed by atoms with Crippen molar-refractivity contribution < 1.29 is 4.79 Å². The molecule has 4 rings (SSSR count). The summed E-state index contributed by atoms with van der Waals surface area (Å²) in [5.74, 6) is 0.265. The Bertz CT molecular complexity index is 764. The quantitative estimate of drug-likeness (QED) is 0.827. The fraction of sp³-hybridized carbons (Fsp3) is 0.579. The molecule has 2 saturated heterocycles. The number of aryl methyl sites for hydroxylation is 1. The van der Waals surface area contributed by atoms with Gasteiger partial charge in [0.25, 0.3) is 0 Å². The number of pyridine rings is 1. The SMILES string of the molecule is CCc1nnc(N2CCCC3(CCC(=O)N(Cc4cccnc4)C3)C2)s1. The number of hydrogen-bond acceptors (Lipinski definition) is 6. The molecule has 0 radical (unpaired) electrons. The molecule has 0 bridgehead atoms. The Hall–Kier alpha value is -2.02. The van der Waals surface area contributed by atoms with Crippen molar-refractivity contribution in [1.29, 1.82) is 0 Å². The van der Waals surface area contributed by atoms with E-state index >= 15 is 0 Å². The van der Waals surface area contributed by atoms with Crippen LogP contribution in [-0.2, 0) is 17.8 Å². The second-order valence-corrected chi connectivity index (χ2v) is 8.51. The summed E-state index contributed by atoms with van der Waals surface area (Å²) in [6.07, 6.45) is 8.51. The Morgan fingerprint density at radius 3 is 2.96 bits per heavy atom. The number of piperidine rings is 2. The molecule has 1 spiro atoms. The smallest absolute Gasteiger partial charge is 0.222 e. The third-order valence-corrected chi connectivity index (χ3v) is 6.66. The molecule has 26 heavy (non-hydrogen) atoms. The van der Waals surface area contributed by atoms with Gasteiger partial charge in [0, 0.05) is 50.4 Å². The molecule has 0 saturated carbocycles. The first-order valence-electron chi connectivity index (χ1n) is 9.41. The van der Waals surface area contributed by atoms with E-state index in [0.717, 1.165) is 54.6 Å². The van der Waals surface area contributed by atoms with Crippen molar-refractivity contribution in [2.45, 2.75) is 45.6 Å². The molecule has 2 aliphatic heterocycles. The molecule has 0 aromatic carbocycles. The van der Waals surface area contributed by atoms with Gasteiger partial charge in [-0.15, -0.1) is 10.2 Å². The van der Waals surface area contributed by atoms with Gasteiger partial charge >= 0.3 is 0 Å². The second-order valence-electron chi connectivity index (χ2n) is 7.47. The van der Waals surface area contributed by atoms with Crippen molar-refractivity contribution in [3.63, 3.8) is 0 Å². The number of carbonyl (C=O) groups excluding carboxylic acids is 1. The van der Waals surface area contributed by atoms with E-state index in [-0.39, 0.29) is 11.3 Å². The van der Waals surface area contributed by atoms with Crippen LogP contribution in [0.1, 0.15) is 43.2 Å². The van der Waals surface area contributed by atoms with Crippen LogP contribution < -0.4 is 4.90 Å². The van der Waals surface area contributed by atoms with E-state index in [1.54, 1.807) is 17.5 Å². The molecule has 7 heteroatoms. The van der Waals surface area contributed by atoms with Crippen LogP contribution in [0.4, 0.5) is 5.13 Å². The van der Waals surface area contributed by atoms with Crippen molar-refractivity contribution >= 4 is 22.4 Å². The Morgan fingerprint density at radius 1 is 1.27 bits per heavy atom. The zero-order chi connectivity index (χ0) is 18.0. The van der Waals surface area contributed by atoms with Gasteiger partial charge in [0.1, 0.15) is 5.01 Å². The van der Waals surface area contributed by atoms with Gasteiger partial charge in [-0.25, -0.2) is 0 Å². The lowest BCUT2D eigenvalue weighted by atomic mass is 9.73. The number of amides is 1. The topological polar surface area (TPSA) is 62.2 Å². The van der Waals surface area contributed by atoms with Gasteiger partial charge in [-0.2, -0.15) is 0 Å². The fourth-order valence-corrected chi connectivity index (χ4v) is 4.98. The summed E-state index contributed by atoms with van der Waals surface area (Å²) in [5, 5.41) is 10.8. The Morgan fingerprint density at radius 2 is 2.19 bits per heavy atom. The zero-order valence-electron chi connectivity index (χ0n) is 15.2. The summed E-state index contributed by atoms with van der Waals surface area (Å²) >= 11 is 1.71. The monoisotopic (exact) mass is 371 g/mol. The highest BCUT2D eigenvalue weighted by Gasteiger charge is 2.42. The molecule has 4 heterocycles. The molecule has 1 unspecified atom stereocenters. The highest BCUT2D eigenvalue weighted by atomic mass is 32.1. The Labute approximate surface area is 158 Å². The van der Waals surface area contributed by atoms with Gasteiger partial charge in [0.05, 0.1) is 0 Å². The third kappa shape index (κ3) is 3.58. The normalized spacial score (nSPS) is 23.7. The minimum Gasteiger partial charge on any atom is -0.346 e. The molecule has 2 fully saturated rings. The van der Waals surface area contributed by atoms with Crippen molar-refractivity contribution in [3.8, 4) is 0 Å². The number of likely N-dealkylation sites (tertiary alicyclic amines) is 1. The minimum atomic E-state index is 0.173. The maximum absolute atomic E-state index is 12.5. The van der Waals surface area contributed by atoms with E-state index < -0.39 is 0 Å². The van der Waals surface area contributed by atoms with Gasteiger partial charge in [-0.05, 0) is 37.3 Å². The van der Waals surface area contributed by atoms with Gasteiger partial charge in [-0.3, -0.25) is 9.78 Å². The number of anilines is 1. The molecule has 2 aliphatic rings. The minimum absolute atomic E-state index is 0.173. The standard InChI is InChI=1S/C19H25N5OS/c1-2-16-21-22-18(26-16)23-10-4-7-19(13-23)8-6-17(25)24(14-19)12-15-5-3-9-20-11-15/h3,5,9,11H,2,4,6-8,10,12-14H2,1H3. The van der Waals surface area contributed by atoms with Gasteiger partial charge in [0.2, 0.25) is 11.0 Å². The third-order valence-electron chi connectivity index (χ3n) is 5.53. The van der Waals surface area contributed by atoms with E-state index in [1.165, 1.54) is 6.42 Å². The van der Waals surface area contributed by atoms with E-state index in [4.69, 9.17) is 0 Å². The van der Waals surface area contributed by atoms with Crippen LogP contribution >= 0.6 is 11.3 Å². The number of carbonyl (C=O) groups is 1. The molecule has 2 aromatic rings. The molecule has 2 aromatic heterocycles. The summed E-state index contributed by atoms with van der Waals surface area (Å²) in [6.45, 7) is 5.62. The maximum Gasteiger partial charge on any atom is 0.222 e. The summed E-state index contributed by atoms with van der Waals surface area (Å²) in [5.41, 5.74) is 1.27. The summed E-state index contributed by atoms with van der Waals surface area (Å²) in [7, 11) is 0. The average molecular weight is 372 g/mol. The van der Waals surface area contributed by atoms with Crippen LogP contribution in [0.2, 0.25) is 0 Å². The van der Waals surface area contributed by atoms with E-state index in [1.807, 2.05) is 23.2 Å². The van der Waals surface area contributed by atoms with Gasteiger partial charge in [0.15, 0.2) is 0 Å². The highest BCUT2D eigenvalue weighted by Crippen LogP contribution is 2.41. The summed E-state index contributed by atoms with van der Waals surface area (Å²) in [6, 6.07) is 3.98. The Balaban J connectivity index is 1.49. The lowest BCUT2D eigenvalue weighted by Crippen LogP contribution is -2.53. The number of aromatic nitrogens is 3. The molecular formula is C19H25N5OS. The van der Waals surface area contributed by atoms with Crippen LogP contribution in [0.5, 0.6) is 0 Å². The van der Waals surface area contributed by atoms with E-state index in [9.17, 15) is 4.79 Å².